The highest BCUT2D eigenvalue weighted by Gasteiger charge is 2.17. The van der Waals surface area contributed by atoms with Crippen LogP contribution >= 0.6 is 0 Å². The summed E-state index contributed by atoms with van der Waals surface area (Å²) in [6, 6.07) is 12.7. The van der Waals surface area contributed by atoms with E-state index >= 15 is 0 Å². The van der Waals surface area contributed by atoms with Crippen LogP contribution < -0.4 is 11.1 Å². The average molecular weight is 463 g/mol. The first-order valence-corrected chi connectivity index (χ1v) is 12.0. The Hall–Kier alpha value is -2.59. The fraction of sp³-hybridized carbons (Fsp3) is 0.391. The largest absolute Gasteiger partial charge is 0.378 e. The first-order valence-electron chi connectivity index (χ1n) is 10.4. The number of rotatable bonds is 14. The molecule has 9 heteroatoms. The number of Topliss-reactive ketones (excluding diaryl/α,β-unsaturated/α-hetero) is 1. The van der Waals surface area contributed by atoms with Gasteiger partial charge in [-0.1, -0.05) is 29.8 Å². The molecule has 2 rings (SSSR count). The van der Waals surface area contributed by atoms with Gasteiger partial charge in [0.2, 0.25) is 0 Å². The molecule has 0 saturated heterocycles. The molecule has 174 valence electrons. The van der Waals surface area contributed by atoms with Crippen molar-refractivity contribution < 1.29 is 27.5 Å². The summed E-state index contributed by atoms with van der Waals surface area (Å²) in [5.41, 5.74) is 7.04. The number of hydrogen-bond donors (Lipinski definition) is 2. The number of benzene rings is 2. The second-order valence-corrected chi connectivity index (χ2v) is 9.26. The van der Waals surface area contributed by atoms with Crippen molar-refractivity contribution in [2.75, 3.05) is 45.3 Å². The van der Waals surface area contributed by atoms with Crippen LogP contribution in [0.2, 0.25) is 0 Å². The third-order valence-electron chi connectivity index (χ3n) is 4.61. The van der Waals surface area contributed by atoms with Crippen molar-refractivity contribution in [2.45, 2.75) is 18.2 Å². The van der Waals surface area contributed by atoms with E-state index in [1.807, 2.05) is 6.92 Å². The van der Waals surface area contributed by atoms with Gasteiger partial charge in [0.05, 0.1) is 37.1 Å². The number of carbonyl (C=O) groups excluding carboxylic acids is 2. The van der Waals surface area contributed by atoms with Gasteiger partial charge in [0.1, 0.15) is 0 Å². The predicted octanol–water partition coefficient (Wildman–Crippen LogP) is 1.76. The molecule has 8 nitrogen and oxygen atoms in total. The van der Waals surface area contributed by atoms with Crippen LogP contribution in [0.15, 0.2) is 53.4 Å². The number of hydrogen-bond acceptors (Lipinski definition) is 7. The molecule has 0 aliphatic heterocycles. The molecule has 0 aromatic heterocycles. The Labute approximate surface area is 189 Å². The molecular weight excluding hydrogens is 432 g/mol. The lowest BCUT2D eigenvalue weighted by Gasteiger charge is -2.08. The highest BCUT2D eigenvalue weighted by atomic mass is 32.2. The monoisotopic (exact) mass is 462 g/mol. The van der Waals surface area contributed by atoms with Crippen LogP contribution in [-0.4, -0.2) is 65.4 Å². The van der Waals surface area contributed by atoms with Crippen molar-refractivity contribution in [2.24, 2.45) is 5.73 Å². The Morgan fingerprint density at radius 1 is 0.875 bits per heavy atom. The summed E-state index contributed by atoms with van der Waals surface area (Å²) >= 11 is 0. The van der Waals surface area contributed by atoms with Crippen molar-refractivity contribution in [1.82, 2.24) is 5.32 Å². The number of aryl methyl sites for hydroxylation is 1. The molecule has 0 spiro atoms. The predicted molar refractivity (Wildman–Crippen MR) is 122 cm³/mol. The van der Waals surface area contributed by atoms with E-state index in [0.29, 0.717) is 50.6 Å². The van der Waals surface area contributed by atoms with E-state index in [1.54, 1.807) is 36.4 Å². The number of ketones is 1. The van der Waals surface area contributed by atoms with Crippen molar-refractivity contribution >= 4 is 21.5 Å². The maximum atomic E-state index is 12.4. The zero-order valence-corrected chi connectivity index (χ0v) is 19.0. The van der Waals surface area contributed by atoms with Crippen molar-refractivity contribution in [3.63, 3.8) is 0 Å². The molecule has 0 radical (unpaired) electrons. The summed E-state index contributed by atoms with van der Waals surface area (Å²) in [5, 5.41) is 2.73. The number of carbonyl (C=O) groups is 2. The Morgan fingerprint density at radius 3 is 2.09 bits per heavy atom. The van der Waals surface area contributed by atoms with Crippen molar-refractivity contribution in [3.8, 4) is 0 Å². The molecule has 0 saturated carbocycles. The molecule has 0 heterocycles. The lowest BCUT2D eigenvalue weighted by Crippen LogP contribution is -2.27. The number of nitrogens with two attached hydrogens (primary N) is 1. The normalized spacial score (nSPS) is 11.3. The molecule has 0 fully saturated rings. The Balaban J connectivity index is 1.76. The lowest BCUT2D eigenvalue weighted by atomic mass is 10.1. The SMILES string of the molecule is Cc1ccc(S(=O)(=O)CCC(=O)c2ccc(C(=O)NCCOCCOCCN)cc2)cc1. The van der Waals surface area contributed by atoms with Gasteiger partial charge in [-0.25, -0.2) is 8.42 Å². The molecular formula is C23H30N2O6S. The van der Waals surface area contributed by atoms with Crippen LogP contribution in [0, 0.1) is 6.92 Å². The van der Waals surface area contributed by atoms with Crippen molar-refractivity contribution in [1.29, 1.82) is 0 Å². The molecule has 3 N–H and O–H groups in total. The van der Waals surface area contributed by atoms with Gasteiger partial charge in [-0.15, -0.1) is 0 Å². The van der Waals surface area contributed by atoms with E-state index in [1.165, 1.54) is 12.1 Å². The minimum atomic E-state index is -3.53. The Morgan fingerprint density at radius 2 is 1.47 bits per heavy atom. The van der Waals surface area contributed by atoms with Gasteiger partial charge in [0.25, 0.3) is 5.91 Å². The third-order valence-corrected chi connectivity index (χ3v) is 6.35. The van der Waals surface area contributed by atoms with E-state index in [4.69, 9.17) is 15.2 Å². The van der Waals surface area contributed by atoms with Crippen LogP contribution in [0.5, 0.6) is 0 Å². The zero-order valence-electron chi connectivity index (χ0n) is 18.2. The molecule has 2 aromatic carbocycles. The summed E-state index contributed by atoms with van der Waals surface area (Å²) in [6.45, 7) is 4.39. The average Bonchev–Trinajstić information content (AvgIpc) is 2.79. The van der Waals surface area contributed by atoms with E-state index in [2.05, 4.69) is 5.32 Å². The summed E-state index contributed by atoms with van der Waals surface area (Å²) in [7, 11) is -3.53. The maximum Gasteiger partial charge on any atom is 0.251 e. The fourth-order valence-corrected chi connectivity index (χ4v) is 4.03. The smallest absolute Gasteiger partial charge is 0.251 e. The van der Waals surface area contributed by atoms with Gasteiger partial charge in [-0.3, -0.25) is 9.59 Å². The fourth-order valence-electron chi connectivity index (χ4n) is 2.79. The van der Waals surface area contributed by atoms with E-state index in [9.17, 15) is 18.0 Å². The first-order chi connectivity index (χ1) is 15.3. The van der Waals surface area contributed by atoms with Crippen LogP contribution in [-0.2, 0) is 19.3 Å². The second-order valence-electron chi connectivity index (χ2n) is 7.15. The summed E-state index contributed by atoms with van der Waals surface area (Å²) < 4.78 is 35.3. The van der Waals surface area contributed by atoms with Gasteiger partial charge in [0, 0.05) is 30.6 Å². The van der Waals surface area contributed by atoms with Crippen molar-refractivity contribution in [3.05, 3.63) is 65.2 Å². The second kappa shape index (κ2) is 13.1. The molecule has 0 unspecified atom stereocenters. The minimum absolute atomic E-state index is 0.131. The summed E-state index contributed by atoms with van der Waals surface area (Å²) in [4.78, 5) is 24.8. The quantitative estimate of drug-likeness (QED) is 0.324. The molecule has 0 aliphatic carbocycles. The van der Waals surface area contributed by atoms with Crippen LogP contribution in [0.4, 0.5) is 0 Å². The Kier molecular flexibility index (Phi) is 10.5. The maximum absolute atomic E-state index is 12.4. The molecule has 1 amide bonds. The number of amides is 1. The van der Waals surface area contributed by atoms with Gasteiger partial charge >= 0.3 is 0 Å². The summed E-state index contributed by atoms with van der Waals surface area (Å²) in [5.74, 6) is -0.846. The zero-order chi connectivity index (χ0) is 23.4. The third kappa shape index (κ3) is 8.51. The summed E-state index contributed by atoms with van der Waals surface area (Å²) in [6.07, 6.45) is -0.131. The molecule has 32 heavy (non-hydrogen) atoms. The molecule has 0 bridgehead atoms. The van der Waals surface area contributed by atoms with E-state index < -0.39 is 9.84 Å². The van der Waals surface area contributed by atoms with Gasteiger partial charge < -0.3 is 20.5 Å². The molecule has 0 aliphatic rings. The van der Waals surface area contributed by atoms with Gasteiger partial charge in [-0.05, 0) is 31.2 Å². The van der Waals surface area contributed by atoms with Gasteiger partial charge in [0.15, 0.2) is 15.6 Å². The first kappa shape index (κ1) is 25.7. The highest BCUT2D eigenvalue weighted by Crippen LogP contribution is 2.15. The van der Waals surface area contributed by atoms with E-state index in [0.717, 1.165) is 5.56 Å². The van der Waals surface area contributed by atoms with E-state index in [-0.39, 0.29) is 28.8 Å². The molecule has 0 atom stereocenters. The lowest BCUT2D eigenvalue weighted by molar-refractivity contribution is 0.0511. The number of ether oxygens (including phenoxy) is 2. The minimum Gasteiger partial charge on any atom is -0.378 e. The number of sulfone groups is 1. The van der Waals surface area contributed by atoms with Crippen LogP contribution in [0.1, 0.15) is 32.7 Å². The van der Waals surface area contributed by atoms with Crippen LogP contribution in [0.25, 0.3) is 0 Å². The molecule has 2 aromatic rings. The highest BCUT2D eigenvalue weighted by molar-refractivity contribution is 7.91. The topological polar surface area (TPSA) is 125 Å². The van der Waals surface area contributed by atoms with Crippen LogP contribution in [0.3, 0.4) is 0 Å². The Bertz CT molecular complexity index is 973. The standard InChI is InChI=1S/C23H30N2O6S/c1-18-2-8-21(9-3-18)32(28,29)17-10-22(26)19-4-6-20(7-5-19)23(27)25-12-14-31-16-15-30-13-11-24/h2-9H,10-17,24H2,1H3,(H,25,27). The number of nitrogens with one attached hydrogen (secondary N) is 1. The van der Waals surface area contributed by atoms with Gasteiger partial charge in [-0.2, -0.15) is 0 Å².